The largest absolute Gasteiger partial charge is 0.350 e. The van der Waals surface area contributed by atoms with Gasteiger partial charge in [0.15, 0.2) is 0 Å². The summed E-state index contributed by atoms with van der Waals surface area (Å²) in [7, 11) is 1.85. The molecule has 0 saturated carbocycles. The summed E-state index contributed by atoms with van der Waals surface area (Å²) in [4.78, 5) is 33.1. The number of likely N-dealkylation sites (N-methyl/N-ethyl adjacent to an activating group) is 1. The minimum absolute atomic E-state index is 0.0759. The molecule has 3 rings (SSSR count). The third-order valence-electron chi connectivity index (χ3n) is 4.38. The molecule has 1 aliphatic rings. The number of amides is 2. The summed E-state index contributed by atoms with van der Waals surface area (Å²) in [5.41, 5.74) is 2.37. The van der Waals surface area contributed by atoms with Crippen LogP contribution in [0.3, 0.4) is 0 Å². The van der Waals surface area contributed by atoms with E-state index in [0.717, 1.165) is 21.5 Å². The highest BCUT2D eigenvalue weighted by atomic mass is 79.9. The smallest absolute Gasteiger partial charge is 0.246 e. The summed E-state index contributed by atoms with van der Waals surface area (Å²) in [5.74, 6) is 0.596. The number of anilines is 3. The highest BCUT2D eigenvalue weighted by Crippen LogP contribution is 2.31. The van der Waals surface area contributed by atoms with E-state index in [1.165, 1.54) is 0 Å². The zero-order valence-corrected chi connectivity index (χ0v) is 16.6. The monoisotopic (exact) mass is 416 g/mol. The SMILES string of the molecule is Cc1cc(Br)cnc1N(C)CC(=O)N1c2ccccc2NC(=O)CC1C. The maximum atomic E-state index is 13.1. The normalized spacial score (nSPS) is 16.5. The summed E-state index contributed by atoms with van der Waals surface area (Å²) in [6.07, 6.45) is 1.98. The van der Waals surface area contributed by atoms with Crippen molar-refractivity contribution in [3.8, 4) is 0 Å². The van der Waals surface area contributed by atoms with Crippen LogP contribution in [0.15, 0.2) is 41.0 Å². The number of benzene rings is 1. The molecule has 0 bridgehead atoms. The second-order valence-electron chi connectivity index (χ2n) is 6.53. The number of pyridine rings is 1. The van der Waals surface area contributed by atoms with Gasteiger partial charge < -0.3 is 15.1 Å². The van der Waals surface area contributed by atoms with E-state index in [-0.39, 0.29) is 30.8 Å². The van der Waals surface area contributed by atoms with Gasteiger partial charge in [-0.1, -0.05) is 12.1 Å². The Labute approximate surface area is 161 Å². The van der Waals surface area contributed by atoms with E-state index in [4.69, 9.17) is 0 Å². The molecule has 2 amide bonds. The van der Waals surface area contributed by atoms with Gasteiger partial charge in [0.2, 0.25) is 11.8 Å². The first kappa shape index (κ1) is 18.4. The van der Waals surface area contributed by atoms with Gasteiger partial charge in [-0.3, -0.25) is 9.59 Å². The van der Waals surface area contributed by atoms with Gasteiger partial charge in [-0.25, -0.2) is 4.98 Å². The molecule has 1 aliphatic heterocycles. The summed E-state index contributed by atoms with van der Waals surface area (Å²) in [6, 6.07) is 9.13. The molecule has 6 nitrogen and oxygen atoms in total. The number of aryl methyl sites for hydroxylation is 1. The lowest BCUT2D eigenvalue weighted by Gasteiger charge is -2.30. The second kappa shape index (κ2) is 7.45. The molecule has 136 valence electrons. The Kier molecular flexibility index (Phi) is 5.27. The van der Waals surface area contributed by atoms with Crippen molar-refractivity contribution < 1.29 is 9.59 Å². The van der Waals surface area contributed by atoms with Crippen LogP contribution in [-0.4, -0.2) is 36.4 Å². The third-order valence-corrected chi connectivity index (χ3v) is 4.81. The fourth-order valence-corrected chi connectivity index (χ4v) is 3.70. The van der Waals surface area contributed by atoms with Gasteiger partial charge >= 0.3 is 0 Å². The molecule has 1 aromatic carbocycles. The van der Waals surface area contributed by atoms with Crippen LogP contribution in [0.25, 0.3) is 0 Å². The molecule has 1 N–H and O–H groups in total. The highest BCUT2D eigenvalue weighted by Gasteiger charge is 2.30. The molecule has 0 fully saturated rings. The van der Waals surface area contributed by atoms with Crippen LogP contribution in [0.4, 0.5) is 17.2 Å². The quantitative estimate of drug-likeness (QED) is 0.832. The number of fused-ring (bicyclic) bond motifs is 1. The molecular weight excluding hydrogens is 396 g/mol. The van der Waals surface area contributed by atoms with E-state index in [2.05, 4.69) is 26.2 Å². The van der Waals surface area contributed by atoms with E-state index in [9.17, 15) is 9.59 Å². The van der Waals surface area contributed by atoms with Crippen LogP contribution in [0.5, 0.6) is 0 Å². The number of halogens is 1. The molecule has 0 spiro atoms. The molecular formula is C19H21BrN4O2. The number of para-hydroxylation sites is 2. The Hall–Kier alpha value is -2.41. The maximum absolute atomic E-state index is 13.1. The molecule has 2 aromatic rings. The minimum atomic E-state index is -0.224. The van der Waals surface area contributed by atoms with Gasteiger partial charge in [0, 0.05) is 30.2 Å². The summed E-state index contributed by atoms with van der Waals surface area (Å²) < 4.78 is 0.901. The van der Waals surface area contributed by atoms with Crippen LogP contribution in [-0.2, 0) is 9.59 Å². The Bertz CT molecular complexity index is 855. The van der Waals surface area contributed by atoms with Gasteiger partial charge in [-0.15, -0.1) is 0 Å². The van der Waals surface area contributed by atoms with Crippen molar-refractivity contribution >= 4 is 44.9 Å². The molecule has 0 saturated heterocycles. The summed E-state index contributed by atoms with van der Waals surface area (Å²) >= 11 is 3.40. The second-order valence-corrected chi connectivity index (χ2v) is 7.45. The van der Waals surface area contributed by atoms with Crippen molar-refractivity contribution in [3.05, 3.63) is 46.6 Å². The lowest BCUT2D eigenvalue weighted by molar-refractivity contribution is -0.118. The van der Waals surface area contributed by atoms with Crippen LogP contribution in [0, 0.1) is 6.92 Å². The first-order chi connectivity index (χ1) is 12.4. The number of carbonyl (C=O) groups is 2. The van der Waals surface area contributed by atoms with Gasteiger partial charge in [-0.2, -0.15) is 0 Å². The lowest BCUT2D eigenvalue weighted by Crippen LogP contribution is -2.44. The van der Waals surface area contributed by atoms with Crippen molar-refractivity contribution in [3.63, 3.8) is 0 Å². The molecule has 0 aliphatic carbocycles. The standard InChI is InChI=1S/C19H21BrN4O2/c1-12-8-14(20)10-21-19(12)23(3)11-18(26)24-13(2)9-17(25)22-15-6-4-5-7-16(15)24/h4-8,10,13H,9,11H2,1-3H3,(H,22,25). The fraction of sp³-hybridized carbons (Fsp3) is 0.316. The lowest BCUT2D eigenvalue weighted by atomic mass is 10.1. The highest BCUT2D eigenvalue weighted by molar-refractivity contribution is 9.10. The maximum Gasteiger partial charge on any atom is 0.246 e. The van der Waals surface area contributed by atoms with E-state index < -0.39 is 0 Å². The number of carbonyl (C=O) groups excluding carboxylic acids is 2. The van der Waals surface area contributed by atoms with Gasteiger partial charge in [0.25, 0.3) is 0 Å². The van der Waals surface area contributed by atoms with Crippen LogP contribution >= 0.6 is 15.9 Å². The van der Waals surface area contributed by atoms with Gasteiger partial charge in [0.05, 0.1) is 17.9 Å². The molecule has 1 aromatic heterocycles. The molecule has 26 heavy (non-hydrogen) atoms. The number of aromatic nitrogens is 1. The Morgan fingerprint density at radius 1 is 1.42 bits per heavy atom. The van der Waals surface area contributed by atoms with Crippen LogP contribution in [0.1, 0.15) is 18.9 Å². The van der Waals surface area contributed by atoms with Crippen molar-refractivity contribution in [1.82, 2.24) is 4.98 Å². The first-order valence-corrected chi connectivity index (χ1v) is 9.20. The van der Waals surface area contributed by atoms with Crippen molar-refractivity contribution in [1.29, 1.82) is 0 Å². The topological polar surface area (TPSA) is 65.5 Å². The van der Waals surface area contributed by atoms with E-state index >= 15 is 0 Å². The summed E-state index contributed by atoms with van der Waals surface area (Å²) in [6.45, 7) is 4.02. The van der Waals surface area contributed by atoms with Gasteiger partial charge in [0.1, 0.15) is 5.82 Å². The first-order valence-electron chi connectivity index (χ1n) is 8.41. The average molecular weight is 417 g/mol. The molecule has 0 radical (unpaired) electrons. The van der Waals surface area contributed by atoms with Crippen molar-refractivity contribution in [2.24, 2.45) is 0 Å². The van der Waals surface area contributed by atoms with Crippen molar-refractivity contribution in [2.45, 2.75) is 26.3 Å². The van der Waals surface area contributed by atoms with Crippen LogP contribution in [0.2, 0.25) is 0 Å². The molecule has 7 heteroatoms. The molecule has 1 atom stereocenters. The fourth-order valence-electron chi connectivity index (χ4n) is 3.25. The average Bonchev–Trinajstić information content (AvgIpc) is 2.68. The number of nitrogens with zero attached hydrogens (tertiary/aromatic N) is 3. The Morgan fingerprint density at radius 2 is 2.15 bits per heavy atom. The van der Waals surface area contributed by atoms with Crippen LogP contribution < -0.4 is 15.1 Å². The molecule has 2 heterocycles. The predicted octanol–water partition coefficient (Wildman–Crippen LogP) is 3.35. The van der Waals surface area contributed by atoms with Crippen molar-refractivity contribution in [2.75, 3.05) is 28.7 Å². The zero-order valence-electron chi connectivity index (χ0n) is 15.0. The third kappa shape index (κ3) is 3.72. The van der Waals surface area contributed by atoms with Gasteiger partial charge in [-0.05, 0) is 53.5 Å². The zero-order chi connectivity index (χ0) is 18.8. The van der Waals surface area contributed by atoms with E-state index in [0.29, 0.717) is 5.69 Å². The predicted molar refractivity (Wildman–Crippen MR) is 107 cm³/mol. The van der Waals surface area contributed by atoms with E-state index in [1.54, 1.807) is 11.1 Å². The number of hydrogen-bond acceptors (Lipinski definition) is 4. The number of nitrogens with one attached hydrogen (secondary N) is 1. The minimum Gasteiger partial charge on any atom is -0.350 e. The van der Waals surface area contributed by atoms with E-state index in [1.807, 2.05) is 56.1 Å². The summed E-state index contributed by atoms with van der Waals surface area (Å²) in [5, 5.41) is 2.87. The number of hydrogen-bond donors (Lipinski definition) is 1. The number of rotatable bonds is 3. The Balaban J connectivity index is 1.87. The Morgan fingerprint density at radius 3 is 2.88 bits per heavy atom. The molecule has 1 unspecified atom stereocenters.